The predicted molar refractivity (Wildman–Crippen MR) is 73.0 cm³/mol. The maximum Gasteiger partial charge on any atom is 0.416 e. The van der Waals surface area contributed by atoms with Crippen LogP contribution in [0.25, 0.3) is 0 Å². The van der Waals surface area contributed by atoms with Gasteiger partial charge in [-0.05, 0) is 42.4 Å². The molecule has 0 aliphatic carbocycles. The van der Waals surface area contributed by atoms with Gasteiger partial charge in [0.15, 0.2) is 0 Å². The van der Waals surface area contributed by atoms with Gasteiger partial charge in [0, 0.05) is 13.1 Å². The van der Waals surface area contributed by atoms with Crippen LogP contribution in [0.5, 0.6) is 0 Å². The number of rotatable bonds is 4. The molecule has 0 saturated heterocycles. The first kappa shape index (κ1) is 15.5. The van der Waals surface area contributed by atoms with E-state index in [-0.39, 0.29) is 5.82 Å². The maximum atomic E-state index is 12.8. The van der Waals surface area contributed by atoms with Crippen molar-refractivity contribution >= 4 is 0 Å². The van der Waals surface area contributed by atoms with E-state index in [1.807, 2.05) is 11.9 Å². The zero-order valence-corrected chi connectivity index (χ0v) is 11.5. The monoisotopic (exact) mass is 297 g/mol. The lowest BCUT2D eigenvalue weighted by molar-refractivity contribution is -0.137. The zero-order chi connectivity index (χ0) is 15.5. The van der Waals surface area contributed by atoms with Crippen molar-refractivity contribution in [1.29, 1.82) is 0 Å². The Morgan fingerprint density at radius 3 is 1.67 bits per heavy atom. The lowest BCUT2D eigenvalue weighted by atomic mass is 10.1. The van der Waals surface area contributed by atoms with Crippen molar-refractivity contribution in [2.45, 2.75) is 19.3 Å². The third-order valence-electron chi connectivity index (χ3n) is 3.10. The minimum Gasteiger partial charge on any atom is -0.298 e. The van der Waals surface area contributed by atoms with E-state index in [2.05, 4.69) is 0 Å². The Morgan fingerprint density at radius 1 is 0.810 bits per heavy atom. The number of alkyl halides is 3. The molecule has 0 bridgehead atoms. The summed E-state index contributed by atoms with van der Waals surface area (Å²) in [6.45, 7) is 1.12. The standard InChI is InChI=1S/C16H15F4N/c1-21(11-13-4-8-15(17)9-5-13)10-12-2-6-14(7-3-12)16(18,19)20/h2-9H,10-11H2,1H3. The molecule has 0 amide bonds. The third kappa shape index (κ3) is 4.56. The summed E-state index contributed by atoms with van der Waals surface area (Å²) in [5.41, 5.74) is 1.10. The SMILES string of the molecule is CN(Cc1ccc(F)cc1)Cc1ccc(C(F)(F)F)cc1. The summed E-state index contributed by atoms with van der Waals surface area (Å²) >= 11 is 0. The normalized spacial score (nSPS) is 11.9. The Bertz CT molecular complexity index is 573. The van der Waals surface area contributed by atoms with E-state index in [1.165, 1.54) is 24.3 Å². The molecular formula is C16H15F4N. The molecule has 0 radical (unpaired) electrons. The van der Waals surface area contributed by atoms with Gasteiger partial charge in [-0.3, -0.25) is 4.90 Å². The molecule has 2 aromatic carbocycles. The van der Waals surface area contributed by atoms with Crippen molar-refractivity contribution in [2.75, 3.05) is 7.05 Å². The summed E-state index contributed by atoms with van der Waals surface area (Å²) < 4.78 is 50.2. The molecular weight excluding hydrogens is 282 g/mol. The van der Waals surface area contributed by atoms with Crippen LogP contribution in [0.4, 0.5) is 17.6 Å². The van der Waals surface area contributed by atoms with Gasteiger partial charge in [-0.25, -0.2) is 4.39 Å². The molecule has 0 atom stereocenters. The molecule has 0 aliphatic heterocycles. The summed E-state index contributed by atoms with van der Waals surface area (Å²) in [7, 11) is 1.86. The van der Waals surface area contributed by atoms with Gasteiger partial charge in [-0.15, -0.1) is 0 Å². The van der Waals surface area contributed by atoms with E-state index < -0.39 is 11.7 Å². The van der Waals surface area contributed by atoms with Gasteiger partial charge >= 0.3 is 6.18 Å². The van der Waals surface area contributed by atoms with Crippen LogP contribution in [0.3, 0.4) is 0 Å². The Labute approximate surface area is 120 Å². The van der Waals surface area contributed by atoms with E-state index >= 15 is 0 Å². The lowest BCUT2D eigenvalue weighted by Crippen LogP contribution is -2.17. The van der Waals surface area contributed by atoms with E-state index in [0.29, 0.717) is 13.1 Å². The summed E-state index contributed by atoms with van der Waals surface area (Å²) in [4.78, 5) is 1.95. The Kier molecular flexibility index (Phi) is 4.63. The Morgan fingerprint density at radius 2 is 1.24 bits per heavy atom. The predicted octanol–water partition coefficient (Wildman–Crippen LogP) is 4.48. The summed E-state index contributed by atoms with van der Waals surface area (Å²) in [6, 6.07) is 11.3. The summed E-state index contributed by atoms with van der Waals surface area (Å²) in [5.74, 6) is -0.288. The topological polar surface area (TPSA) is 3.24 Å². The first-order valence-electron chi connectivity index (χ1n) is 6.44. The van der Waals surface area contributed by atoms with Gasteiger partial charge in [-0.1, -0.05) is 24.3 Å². The van der Waals surface area contributed by atoms with Crippen molar-refractivity contribution < 1.29 is 17.6 Å². The molecule has 0 fully saturated rings. The molecule has 0 heterocycles. The van der Waals surface area contributed by atoms with Crippen LogP contribution in [-0.4, -0.2) is 11.9 Å². The average molecular weight is 297 g/mol. The zero-order valence-electron chi connectivity index (χ0n) is 11.5. The fraction of sp³-hybridized carbons (Fsp3) is 0.250. The molecule has 1 nitrogen and oxygen atoms in total. The van der Waals surface area contributed by atoms with Crippen LogP contribution in [0.15, 0.2) is 48.5 Å². The van der Waals surface area contributed by atoms with Gasteiger partial charge in [0.25, 0.3) is 0 Å². The first-order chi connectivity index (χ1) is 9.84. The number of halogens is 4. The molecule has 0 spiro atoms. The molecule has 0 aromatic heterocycles. The van der Waals surface area contributed by atoms with Crippen molar-refractivity contribution in [3.05, 3.63) is 71.0 Å². The second-order valence-corrected chi connectivity index (χ2v) is 4.99. The second-order valence-electron chi connectivity index (χ2n) is 4.99. The summed E-state index contributed by atoms with van der Waals surface area (Å²) in [6.07, 6.45) is -4.31. The molecule has 2 rings (SSSR count). The van der Waals surface area contributed by atoms with Crippen LogP contribution in [-0.2, 0) is 19.3 Å². The van der Waals surface area contributed by atoms with Crippen LogP contribution in [0.2, 0.25) is 0 Å². The molecule has 112 valence electrons. The Hall–Kier alpha value is -1.88. The summed E-state index contributed by atoms with van der Waals surface area (Å²) in [5, 5.41) is 0. The van der Waals surface area contributed by atoms with Crippen LogP contribution >= 0.6 is 0 Å². The lowest BCUT2D eigenvalue weighted by Gasteiger charge is -2.17. The highest BCUT2D eigenvalue weighted by Gasteiger charge is 2.29. The Balaban J connectivity index is 1.96. The third-order valence-corrected chi connectivity index (χ3v) is 3.10. The van der Waals surface area contributed by atoms with Gasteiger partial charge in [0.1, 0.15) is 5.82 Å². The van der Waals surface area contributed by atoms with Crippen molar-refractivity contribution in [3.8, 4) is 0 Å². The molecule has 21 heavy (non-hydrogen) atoms. The van der Waals surface area contributed by atoms with E-state index in [4.69, 9.17) is 0 Å². The minimum absolute atomic E-state index is 0.288. The van der Waals surface area contributed by atoms with E-state index in [0.717, 1.165) is 23.3 Å². The molecule has 0 saturated carbocycles. The highest BCUT2D eigenvalue weighted by molar-refractivity contribution is 5.24. The molecule has 0 unspecified atom stereocenters. The van der Waals surface area contributed by atoms with Crippen LogP contribution in [0.1, 0.15) is 16.7 Å². The van der Waals surface area contributed by atoms with Gasteiger partial charge in [-0.2, -0.15) is 13.2 Å². The highest BCUT2D eigenvalue weighted by atomic mass is 19.4. The molecule has 0 aliphatic rings. The second kappa shape index (κ2) is 6.26. The minimum atomic E-state index is -4.31. The average Bonchev–Trinajstić information content (AvgIpc) is 2.41. The van der Waals surface area contributed by atoms with Crippen molar-refractivity contribution in [3.63, 3.8) is 0 Å². The number of benzene rings is 2. The van der Waals surface area contributed by atoms with Crippen molar-refractivity contribution in [2.24, 2.45) is 0 Å². The number of hydrogen-bond acceptors (Lipinski definition) is 1. The number of hydrogen-bond donors (Lipinski definition) is 0. The fourth-order valence-corrected chi connectivity index (χ4v) is 2.07. The largest absolute Gasteiger partial charge is 0.416 e. The van der Waals surface area contributed by atoms with Crippen LogP contribution in [0, 0.1) is 5.82 Å². The maximum absolute atomic E-state index is 12.8. The van der Waals surface area contributed by atoms with Gasteiger partial charge < -0.3 is 0 Å². The van der Waals surface area contributed by atoms with Crippen LogP contribution < -0.4 is 0 Å². The van der Waals surface area contributed by atoms with Gasteiger partial charge in [0.05, 0.1) is 5.56 Å². The quantitative estimate of drug-likeness (QED) is 0.752. The molecule has 2 aromatic rings. The molecule has 0 N–H and O–H groups in total. The van der Waals surface area contributed by atoms with Crippen molar-refractivity contribution in [1.82, 2.24) is 4.90 Å². The smallest absolute Gasteiger partial charge is 0.298 e. The van der Waals surface area contributed by atoms with Gasteiger partial charge in [0.2, 0.25) is 0 Å². The fourth-order valence-electron chi connectivity index (χ4n) is 2.07. The molecule has 5 heteroatoms. The van der Waals surface area contributed by atoms with E-state index in [1.54, 1.807) is 12.1 Å². The van der Waals surface area contributed by atoms with E-state index in [9.17, 15) is 17.6 Å². The first-order valence-corrected chi connectivity index (χ1v) is 6.44. The highest BCUT2D eigenvalue weighted by Crippen LogP contribution is 2.29. The number of nitrogens with zero attached hydrogens (tertiary/aromatic N) is 1.